The fraction of sp³-hybridized carbons (Fsp3) is 0.435. The monoisotopic (exact) mass is 390 g/mol. The van der Waals surface area contributed by atoms with E-state index in [-0.39, 0.29) is 0 Å². The zero-order valence-electron chi connectivity index (χ0n) is 17.2. The van der Waals surface area contributed by atoms with E-state index in [4.69, 9.17) is 0 Å². The van der Waals surface area contributed by atoms with Crippen LogP contribution in [0.3, 0.4) is 0 Å². The van der Waals surface area contributed by atoms with Crippen LogP contribution in [0.5, 0.6) is 0 Å². The fourth-order valence-corrected chi connectivity index (χ4v) is 4.18. The molecule has 2 heterocycles. The Hall–Kier alpha value is -2.57. The molecule has 0 spiro atoms. The highest BCUT2D eigenvalue weighted by Crippen LogP contribution is 2.29. The van der Waals surface area contributed by atoms with Crippen molar-refractivity contribution in [3.05, 3.63) is 77.6 Å². The summed E-state index contributed by atoms with van der Waals surface area (Å²) >= 11 is 0. The smallest absolute Gasteiger partial charge is 0.148 e. The average Bonchev–Trinajstić information content (AvgIpc) is 3.19. The predicted octanol–water partition coefficient (Wildman–Crippen LogP) is 3.17. The molecule has 1 aliphatic rings. The van der Waals surface area contributed by atoms with E-state index in [2.05, 4.69) is 86.0 Å². The Labute approximate surface area is 173 Å². The molecule has 0 bridgehead atoms. The molecule has 0 atom stereocenters. The van der Waals surface area contributed by atoms with E-state index in [0.717, 1.165) is 51.5 Å². The molecule has 0 N–H and O–H groups in total. The lowest BCUT2D eigenvalue weighted by atomic mass is 9.96. The topological polar surface area (TPSA) is 50.1 Å². The van der Waals surface area contributed by atoms with Gasteiger partial charge in [-0.05, 0) is 47.9 Å². The van der Waals surface area contributed by atoms with E-state index < -0.39 is 0 Å². The third kappa shape index (κ3) is 5.08. The Morgan fingerprint density at radius 1 is 0.793 bits per heavy atom. The highest BCUT2D eigenvalue weighted by molar-refractivity contribution is 5.31. The number of nitrogens with zero attached hydrogens (tertiary/aromatic N) is 6. The molecule has 29 heavy (non-hydrogen) atoms. The summed E-state index contributed by atoms with van der Waals surface area (Å²) in [5.74, 6) is 0.895. The van der Waals surface area contributed by atoms with Gasteiger partial charge in [-0.1, -0.05) is 60.7 Å². The summed E-state index contributed by atoms with van der Waals surface area (Å²) in [4.78, 5) is 5.22. The summed E-state index contributed by atoms with van der Waals surface area (Å²) in [6.07, 6.45) is 2.29. The van der Waals surface area contributed by atoms with Gasteiger partial charge in [0.1, 0.15) is 5.82 Å². The Morgan fingerprint density at radius 3 is 1.93 bits per heavy atom. The quantitative estimate of drug-likeness (QED) is 0.553. The Bertz CT molecular complexity index is 816. The van der Waals surface area contributed by atoms with Crippen LogP contribution in [-0.4, -0.2) is 62.7 Å². The Kier molecular flexibility index (Phi) is 6.64. The molecule has 152 valence electrons. The average molecular weight is 391 g/mol. The highest BCUT2D eigenvalue weighted by atomic mass is 15.5. The van der Waals surface area contributed by atoms with Gasteiger partial charge in [-0.15, -0.1) is 5.10 Å². The third-order valence-electron chi connectivity index (χ3n) is 5.81. The van der Waals surface area contributed by atoms with Crippen molar-refractivity contribution in [1.29, 1.82) is 0 Å². The number of tetrazole rings is 1. The SMILES string of the molecule is Cc1nnnn1CCCCN1CCN(C(c2ccccc2)c2ccccc2)CC1. The lowest BCUT2D eigenvalue weighted by Crippen LogP contribution is -2.48. The third-order valence-corrected chi connectivity index (χ3v) is 5.81. The summed E-state index contributed by atoms with van der Waals surface area (Å²) in [7, 11) is 0. The van der Waals surface area contributed by atoms with Crippen molar-refractivity contribution in [2.45, 2.75) is 32.4 Å². The number of rotatable bonds is 8. The molecule has 0 aliphatic carbocycles. The molecule has 6 heteroatoms. The summed E-state index contributed by atoms with van der Waals surface area (Å²) < 4.78 is 1.89. The van der Waals surface area contributed by atoms with Crippen molar-refractivity contribution in [3.63, 3.8) is 0 Å². The van der Waals surface area contributed by atoms with Crippen LogP contribution >= 0.6 is 0 Å². The highest BCUT2D eigenvalue weighted by Gasteiger charge is 2.26. The maximum Gasteiger partial charge on any atom is 0.148 e. The molecule has 1 fully saturated rings. The summed E-state index contributed by atoms with van der Waals surface area (Å²) in [6.45, 7) is 8.45. The van der Waals surface area contributed by atoms with Gasteiger partial charge in [0.2, 0.25) is 0 Å². The Balaban J connectivity index is 1.30. The lowest BCUT2D eigenvalue weighted by Gasteiger charge is -2.39. The molecular formula is C23H30N6. The van der Waals surface area contributed by atoms with Crippen LogP contribution in [0.2, 0.25) is 0 Å². The number of benzene rings is 2. The maximum absolute atomic E-state index is 4.02. The second kappa shape index (κ2) is 9.76. The molecule has 0 saturated carbocycles. The Morgan fingerprint density at radius 2 is 1.38 bits per heavy atom. The fourth-order valence-electron chi connectivity index (χ4n) is 4.18. The van der Waals surface area contributed by atoms with Crippen LogP contribution in [0.4, 0.5) is 0 Å². The molecule has 1 aromatic heterocycles. The van der Waals surface area contributed by atoms with E-state index in [1.54, 1.807) is 0 Å². The minimum atomic E-state index is 0.336. The second-order valence-electron chi connectivity index (χ2n) is 7.76. The number of hydrogen-bond acceptors (Lipinski definition) is 5. The van der Waals surface area contributed by atoms with E-state index in [1.165, 1.54) is 17.5 Å². The normalized spacial score (nSPS) is 15.8. The summed E-state index contributed by atoms with van der Waals surface area (Å²) in [5.41, 5.74) is 2.76. The first-order chi connectivity index (χ1) is 14.3. The van der Waals surface area contributed by atoms with Crippen molar-refractivity contribution in [1.82, 2.24) is 30.0 Å². The zero-order valence-corrected chi connectivity index (χ0v) is 17.2. The first-order valence-corrected chi connectivity index (χ1v) is 10.6. The largest absolute Gasteiger partial charge is 0.301 e. The van der Waals surface area contributed by atoms with Gasteiger partial charge < -0.3 is 4.90 Å². The first kappa shape index (κ1) is 19.7. The van der Waals surface area contributed by atoms with Crippen LogP contribution in [0.25, 0.3) is 0 Å². The number of aryl methyl sites for hydroxylation is 2. The van der Waals surface area contributed by atoms with Crippen molar-refractivity contribution in [2.24, 2.45) is 0 Å². The number of hydrogen-bond donors (Lipinski definition) is 0. The van der Waals surface area contributed by atoms with E-state index in [0.29, 0.717) is 6.04 Å². The van der Waals surface area contributed by atoms with Crippen molar-refractivity contribution < 1.29 is 0 Å². The zero-order chi connectivity index (χ0) is 19.9. The molecule has 4 rings (SSSR count). The molecule has 2 aromatic carbocycles. The van der Waals surface area contributed by atoms with Gasteiger partial charge in [0.25, 0.3) is 0 Å². The predicted molar refractivity (Wildman–Crippen MR) is 115 cm³/mol. The van der Waals surface area contributed by atoms with Crippen LogP contribution in [0.1, 0.15) is 35.8 Å². The number of unbranched alkanes of at least 4 members (excludes halogenated alkanes) is 1. The maximum atomic E-state index is 4.02. The number of aromatic nitrogens is 4. The van der Waals surface area contributed by atoms with Crippen LogP contribution in [0, 0.1) is 6.92 Å². The van der Waals surface area contributed by atoms with Crippen LogP contribution in [-0.2, 0) is 6.54 Å². The molecule has 0 radical (unpaired) electrons. The van der Waals surface area contributed by atoms with E-state index in [9.17, 15) is 0 Å². The van der Waals surface area contributed by atoms with Gasteiger partial charge in [0.05, 0.1) is 6.04 Å². The molecule has 0 unspecified atom stereocenters. The van der Waals surface area contributed by atoms with Gasteiger partial charge in [-0.2, -0.15) is 0 Å². The van der Waals surface area contributed by atoms with Crippen molar-refractivity contribution in [3.8, 4) is 0 Å². The van der Waals surface area contributed by atoms with Gasteiger partial charge in [0, 0.05) is 32.7 Å². The van der Waals surface area contributed by atoms with Crippen LogP contribution in [0.15, 0.2) is 60.7 Å². The van der Waals surface area contributed by atoms with Crippen molar-refractivity contribution >= 4 is 0 Å². The van der Waals surface area contributed by atoms with E-state index in [1.807, 2.05) is 11.6 Å². The van der Waals surface area contributed by atoms with Crippen molar-refractivity contribution in [2.75, 3.05) is 32.7 Å². The van der Waals surface area contributed by atoms with E-state index >= 15 is 0 Å². The summed E-state index contributed by atoms with van der Waals surface area (Å²) in [5, 5.41) is 11.7. The molecule has 0 amide bonds. The number of piperazine rings is 1. The second-order valence-corrected chi connectivity index (χ2v) is 7.76. The molecule has 3 aromatic rings. The molecule has 1 aliphatic heterocycles. The lowest BCUT2D eigenvalue weighted by molar-refractivity contribution is 0.108. The summed E-state index contributed by atoms with van der Waals surface area (Å²) in [6, 6.07) is 22.1. The van der Waals surface area contributed by atoms with Gasteiger partial charge in [0.15, 0.2) is 0 Å². The van der Waals surface area contributed by atoms with Crippen LogP contribution < -0.4 is 0 Å². The molecule has 1 saturated heterocycles. The van der Waals surface area contributed by atoms with Gasteiger partial charge in [-0.3, -0.25) is 4.90 Å². The molecule has 6 nitrogen and oxygen atoms in total. The molecular weight excluding hydrogens is 360 g/mol. The standard InChI is InChI=1S/C23H30N6/c1-20-24-25-26-29(20)15-9-8-14-27-16-18-28(19-17-27)23(21-10-4-2-5-11-21)22-12-6-3-7-13-22/h2-7,10-13,23H,8-9,14-19H2,1H3. The minimum absolute atomic E-state index is 0.336. The first-order valence-electron chi connectivity index (χ1n) is 10.6. The van der Waals surface area contributed by atoms with Gasteiger partial charge in [-0.25, -0.2) is 4.68 Å². The van der Waals surface area contributed by atoms with Gasteiger partial charge >= 0.3 is 0 Å². The minimum Gasteiger partial charge on any atom is -0.301 e.